The number of aromatic nitrogens is 1. The lowest BCUT2D eigenvalue weighted by Gasteiger charge is -2.21. The van der Waals surface area contributed by atoms with Gasteiger partial charge in [0.25, 0.3) is 6.01 Å². The molecule has 0 aliphatic carbocycles. The molecule has 2 heterocycles. The first kappa shape index (κ1) is 10.4. The molecule has 82 valence electrons. The molecule has 2 rings (SSSR count). The first-order valence-corrected chi connectivity index (χ1v) is 5.83. The summed E-state index contributed by atoms with van der Waals surface area (Å²) in [4.78, 5) is 16.4. The Morgan fingerprint density at radius 3 is 3.13 bits per heavy atom. The van der Waals surface area contributed by atoms with Gasteiger partial charge in [-0.1, -0.05) is 0 Å². The van der Waals surface area contributed by atoms with E-state index in [9.17, 15) is 4.79 Å². The first-order chi connectivity index (χ1) is 7.18. The number of anilines is 1. The largest absolute Gasteiger partial charge is 0.476 e. The number of oxazole rings is 1. The van der Waals surface area contributed by atoms with E-state index in [4.69, 9.17) is 9.52 Å². The average molecular weight is 228 g/mol. The van der Waals surface area contributed by atoms with Crippen LogP contribution in [0.4, 0.5) is 6.01 Å². The molecule has 0 saturated carbocycles. The Morgan fingerprint density at radius 1 is 1.80 bits per heavy atom. The zero-order valence-electron chi connectivity index (χ0n) is 8.34. The van der Waals surface area contributed by atoms with Crippen LogP contribution < -0.4 is 4.90 Å². The van der Waals surface area contributed by atoms with E-state index in [-0.39, 0.29) is 5.69 Å². The van der Waals surface area contributed by atoms with Gasteiger partial charge < -0.3 is 14.4 Å². The molecule has 0 bridgehead atoms. The van der Waals surface area contributed by atoms with Gasteiger partial charge in [0.2, 0.25) is 0 Å². The number of nitrogens with zero attached hydrogens (tertiary/aromatic N) is 2. The lowest BCUT2D eigenvalue weighted by Crippen LogP contribution is -2.31. The topological polar surface area (TPSA) is 66.6 Å². The van der Waals surface area contributed by atoms with Gasteiger partial charge in [0, 0.05) is 18.8 Å². The molecule has 1 aromatic rings. The highest BCUT2D eigenvalue weighted by atomic mass is 32.2. The second-order valence-electron chi connectivity index (χ2n) is 3.45. The van der Waals surface area contributed by atoms with Crippen molar-refractivity contribution < 1.29 is 14.3 Å². The monoisotopic (exact) mass is 228 g/mol. The molecule has 1 aliphatic rings. The zero-order chi connectivity index (χ0) is 10.8. The summed E-state index contributed by atoms with van der Waals surface area (Å²) in [6.45, 7) is 0. The van der Waals surface area contributed by atoms with Crippen molar-refractivity contribution in [2.75, 3.05) is 23.5 Å². The van der Waals surface area contributed by atoms with Crippen molar-refractivity contribution in [1.29, 1.82) is 0 Å². The summed E-state index contributed by atoms with van der Waals surface area (Å²) in [6.07, 6.45) is 2.27. The maximum Gasteiger partial charge on any atom is 0.357 e. The molecule has 1 saturated heterocycles. The molecule has 0 radical (unpaired) electrons. The number of rotatable bonds is 3. The summed E-state index contributed by atoms with van der Waals surface area (Å²) in [5, 5.41) is 8.70. The van der Waals surface area contributed by atoms with E-state index in [1.165, 1.54) is 6.26 Å². The Hall–Kier alpha value is -1.17. The fraction of sp³-hybridized carbons (Fsp3) is 0.556. The van der Waals surface area contributed by atoms with Crippen LogP contribution in [0.2, 0.25) is 0 Å². The van der Waals surface area contributed by atoms with Crippen molar-refractivity contribution in [2.45, 2.75) is 12.5 Å². The van der Waals surface area contributed by atoms with Gasteiger partial charge in [-0.05, 0) is 12.2 Å². The van der Waals surface area contributed by atoms with Crippen LogP contribution in [0.3, 0.4) is 0 Å². The number of hydrogen-bond donors (Lipinski definition) is 1. The van der Waals surface area contributed by atoms with Crippen LogP contribution in [0.15, 0.2) is 10.7 Å². The summed E-state index contributed by atoms with van der Waals surface area (Å²) in [7, 11) is 1.88. The quantitative estimate of drug-likeness (QED) is 0.841. The minimum Gasteiger partial charge on any atom is -0.476 e. The van der Waals surface area contributed by atoms with Crippen molar-refractivity contribution in [2.24, 2.45) is 0 Å². The molecular weight excluding hydrogens is 216 g/mol. The smallest absolute Gasteiger partial charge is 0.357 e. The van der Waals surface area contributed by atoms with Gasteiger partial charge in [-0.2, -0.15) is 16.7 Å². The number of carboxylic acids is 1. The van der Waals surface area contributed by atoms with E-state index >= 15 is 0 Å². The van der Waals surface area contributed by atoms with Gasteiger partial charge in [0.05, 0.1) is 0 Å². The fourth-order valence-corrected chi connectivity index (χ4v) is 2.78. The summed E-state index contributed by atoms with van der Waals surface area (Å²) >= 11 is 1.89. The molecule has 1 N–H and O–H groups in total. The summed E-state index contributed by atoms with van der Waals surface area (Å²) in [5.74, 6) is 1.13. The molecule has 1 unspecified atom stereocenters. The zero-order valence-corrected chi connectivity index (χ0v) is 9.16. The third-order valence-corrected chi connectivity index (χ3v) is 3.61. The number of hydrogen-bond acceptors (Lipinski definition) is 5. The van der Waals surface area contributed by atoms with Gasteiger partial charge in [0.1, 0.15) is 6.26 Å². The van der Waals surface area contributed by atoms with Crippen LogP contribution in [0.1, 0.15) is 16.9 Å². The maximum atomic E-state index is 10.6. The van der Waals surface area contributed by atoms with Crippen molar-refractivity contribution in [3.05, 3.63) is 12.0 Å². The molecule has 1 atom stereocenters. The Morgan fingerprint density at radius 2 is 2.60 bits per heavy atom. The highest BCUT2D eigenvalue weighted by Gasteiger charge is 2.24. The lowest BCUT2D eigenvalue weighted by molar-refractivity contribution is 0.0690. The molecule has 1 fully saturated rings. The Kier molecular flexibility index (Phi) is 2.86. The van der Waals surface area contributed by atoms with Gasteiger partial charge in [-0.3, -0.25) is 0 Å². The van der Waals surface area contributed by atoms with Gasteiger partial charge in [0.15, 0.2) is 5.69 Å². The summed E-state index contributed by atoms with van der Waals surface area (Å²) in [6, 6.07) is 0.787. The minimum atomic E-state index is -1.06. The molecule has 6 heteroatoms. The van der Waals surface area contributed by atoms with Crippen LogP contribution in [0.5, 0.6) is 0 Å². The predicted molar refractivity (Wildman–Crippen MR) is 57.6 cm³/mol. The third kappa shape index (κ3) is 2.09. The average Bonchev–Trinajstić information content (AvgIpc) is 2.88. The molecule has 0 aromatic carbocycles. The SMILES string of the molecule is CN(c1nc(C(=O)O)co1)C1CCSC1. The van der Waals surface area contributed by atoms with Crippen molar-refractivity contribution >= 4 is 23.7 Å². The molecule has 0 spiro atoms. The highest BCUT2D eigenvalue weighted by Crippen LogP contribution is 2.25. The number of aromatic carboxylic acids is 1. The highest BCUT2D eigenvalue weighted by molar-refractivity contribution is 7.99. The second-order valence-corrected chi connectivity index (χ2v) is 4.60. The number of carboxylic acid groups (broad SMARTS) is 1. The van der Waals surface area contributed by atoms with Gasteiger partial charge >= 0.3 is 5.97 Å². The van der Waals surface area contributed by atoms with Crippen molar-refractivity contribution in [3.8, 4) is 0 Å². The number of carbonyl (C=O) groups is 1. The number of thioether (sulfide) groups is 1. The molecule has 1 aromatic heterocycles. The predicted octanol–water partition coefficient (Wildman–Crippen LogP) is 1.31. The second kappa shape index (κ2) is 4.14. The van der Waals surface area contributed by atoms with E-state index in [1.807, 2.05) is 23.7 Å². The van der Waals surface area contributed by atoms with Crippen LogP contribution in [-0.2, 0) is 0 Å². The first-order valence-electron chi connectivity index (χ1n) is 4.68. The van der Waals surface area contributed by atoms with Crippen molar-refractivity contribution in [3.63, 3.8) is 0 Å². The van der Waals surface area contributed by atoms with E-state index in [0.29, 0.717) is 12.1 Å². The molecule has 0 amide bonds. The molecule has 5 nitrogen and oxygen atoms in total. The lowest BCUT2D eigenvalue weighted by atomic mass is 10.2. The van der Waals surface area contributed by atoms with E-state index < -0.39 is 5.97 Å². The van der Waals surface area contributed by atoms with Crippen LogP contribution in [0, 0.1) is 0 Å². The summed E-state index contributed by atoms with van der Waals surface area (Å²) < 4.78 is 5.12. The van der Waals surface area contributed by atoms with Crippen LogP contribution in [-0.4, -0.2) is 40.7 Å². The minimum absolute atomic E-state index is 0.0394. The molecule has 1 aliphatic heterocycles. The van der Waals surface area contributed by atoms with E-state index in [1.54, 1.807) is 0 Å². The normalized spacial score (nSPS) is 20.5. The van der Waals surface area contributed by atoms with Crippen LogP contribution in [0.25, 0.3) is 0 Å². The Labute approximate surface area is 91.5 Å². The molecule has 15 heavy (non-hydrogen) atoms. The van der Waals surface area contributed by atoms with E-state index in [0.717, 1.165) is 17.9 Å². The van der Waals surface area contributed by atoms with Crippen LogP contribution >= 0.6 is 11.8 Å². The van der Waals surface area contributed by atoms with Crippen molar-refractivity contribution in [1.82, 2.24) is 4.98 Å². The fourth-order valence-electron chi connectivity index (χ4n) is 1.51. The maximum absolute atomic E-state index is 10.6. The van der Waals surface area contributed by atoms with E-state index in [2.05, 4.69) is 4.98 Å². The van der Waals surface area contributed by atoms with Gasteiger partial charge in [-0.25, -0.2) is 4.79 Å². The Bertz CT molecular complexity index is 360. The van der Waals surface area contributed by atoms with Gasteiger partial charge in [-0.15, -0.1) is 0 Å². The third-order valence-electron chi connectivity index (χ3n) is 2.47. The standard InChI is InChI=1S/C9H12N2O3S/c1-11(6-2-3-15-5-6)9-10-7(4-14-9)8(12)13/h4,6H,2-3,5H2,1H3,(H,12,13). The Balaban J connectivity index is 2.10. The molecular formula is C9H12N2O3S. The summed E-state index contributed by atoms with van der Waals surface area (Å²) in [5.41, 5.74) is -0.0394.